The lowest BCUT2D eigenvalue weighted by Gasteiger charge is -2.08. The maximum Gasteiger partial charge on any atom is 0.139 e. The normalized spacial score (nSPS) is 11.5. The summed E-state index contributed by atoms with van der Waals surface area (Å²) in [6, 6.07) is 8.03. The van der Waals surface area contributed by atoms with Gasteiger partial charge in [0.2, 0.25) is 0 Å². The molecule has 0 aliphatic carbocycles. The minimum atomic E-state index is 0.294. The molecule has 5 nitrogen and oxygen atoms in total. The van der Waals surface area contributed by atoms with E-state index in [0.717, 1.165) is 31.7 Å². The third-order valence-corrected chi connectivity index (χ3v) is 2.70. The van der Waals surface area contributed by atoms with E-state index in [2.05, 4.69) is 10.5 Å². The molecule has 1 aromatic rings. The number of hydrogen-bond donors (Lipinski definition) is 3. The molecule has 0 fully saturated rings. The molecule has 5 heteroatoms. The van der Waals surface area contributed by atoms with E-state index >= 15 is 0 Å². The second-order valence-corrected chi connectivity index (χ2v) is 4.46. The highest BCUT2D eigenvalue weighted by Crippen LogP contribution is 2.11. The number of oxime groups is 1. The Kier molecular flexibility index (Phi) is 7.43. The fourth-order valence-corrected chi connectivity index (χ4v) is 1.68. The Labute approximate surface area is 114 Å². The molecule has 0 saturated heterocycles. The summed E-state index contributed by atoms with van der Waals surface area (Å²) >= 11 is 0. The van der Waals surface area contributed by atoms with E-state index < -0.39 is 0 Å². The lowest BCUT2D eigenvalue weighted by atomic mass is 10.2. The van der Waals surface area contributed by atoms with Crippen molar-refractivity contribution in [3.63, 3.8) is 0 Å². The van der Waals surface area contributed by atoms with E-state index in [4.69, 9.17) is 15.7 Å². The van der Waals surface area contributed by atoms with Crippen LogP contribution in [0.1, 0.15) is 24.8 Å². The number of nitrogens with one attached hydrogen (secondary N) is 1. The van der Waals surface area contributed by atoms with E-state index in [9.17, 15) is 0 Å². The van der Waals surface area contributed by atoms with Crippen LogP contribution in [0.2, 0.25) is 0 Å². The monoisotopic (exact) mass is 265 g/mol. The largest absolute Gasteiger partial charge is 0.492 e. The first-order valence-corrected chi connectivity index (χ1v) is 6.59. The molecule has 0 radical (unpaired) electrons. The van der Waals surface area contributed by atoms with Crippen molar-refractivity contribution in [3.8, 4) is 5.75 Å². The van der Waals surface area contributed by atoms with E-state index in [1.807, 2.05) is 31.2 Å². The molecule has 0 atom stereocenters. The molecule has 0 aliphatic rings. The van der Waals surface area contributed by atoms with Gasteiger partial charge in [0.15, 0.2) is 0 Å². The molecule has 0 heterocycles. The average Bonchev–Trinajstić information content (AvgIpc) is 2.41. The van der Waals surface area contributed by atoms with Gasteiger partial charge in [-0.25, -0.2) is 0 Å². The smallest absolute Gasteiger partial charge is 0.139 e. The molecule has 1 aromatic carbocycles. The van der Waals surface area contributed by atoms with Gasteiger partial charge in [-0.2, -0.15) is 0 Å². The van der Waals surface area contributed by atoms with Crippen molar-refractivity contribution in [3.05, 3.63) is 29.8 Å². The molecule has 0 saturated carbocycles. The van der Waals surface area contributed by atoms with Gasteiger partial charge >= 0.3 is 0 Å². The quantitative estimate of drug-likeness (QED) is 0.209. The highest BCUT2D eigenvalue weighted by Gasteiger charge is 1.95. The van der Waals surface area contributed by atoms with Crippen LogP contribution >= 0.6 is 0 Å². The first kappa shape index (κ1) is 15.3. The molecule has 0 spiro atoms. The number of hydrogen-bond acceptors (Lipinski definition) is 4. The van der Waals surface area contributed by atoms with Gasteiger partial charge in [-0.1, -0.05) is 17.3 Å². The summed E-state index contributed by atoms with van der Waals surface area (Å²) in [5.74, 6) is 1.21. The van der Waals surface area contributed by atoms with Crippen molar-refractivity contribution < 1.29 is 9.94 Å². The van der Waals surface area contributed by atoms with Crippen molar-refractivity contribution >= 4 is 5.84 Å². The number of rotatable bonds is 9. The Morgan fingerprint density at radius 1 is 1.37 bits per heavy atom. The first-order valence-electron chi connectivity index (χ1n) is 6.59. The first-order chi connectivity index (χ1) is 9.22. The fourth-order valence-electron chi connectivity index (χ4n) is 1.68. The van der Waals surface area contributed by atoms with Crippen LogP contribution in [0.5, 0.6) is 5.75 Å². The number of nitrogens with two attached hydrogens (primary N) is 1. The molecule has 4 N–H and O–H groups in total. The zero-order valence-corrected chi connectivity index (χ0v) is 11.4. The molecule has 106 valence electrons. The van der Waals surface area contributed by atoms with Gasteiger partial charge in [0.25, 0.3) is 0 Å². The van der Waals surface area contributed by atoms with Gasteiger partial charge in [0.1, 0.15) is 18.2 Å². The highest BCUT2D eigenvalue weighted by molar-refractivity contribution is 5.79. The van der Waals surface area contributed by atoms with Crippen LogP contribution in [0, 0.1) is 6.92 Å². The van der Waals surface area contributed by atoms with Crippen LogP contribution in [0.3, 0.4) is 0 Å². The molecule has 0 aromatic heterocycles. The minimum absolute atomic E-state index is 0.294. The summed E-state index contributed by atoms with van der Waals surface area (Å²) in [6.07, 6.45) is 2.56. The van der Waals surface area contributed by atoms with Gasteiger partial charge in [0.05, 0.1) is 0 Å². The standard InChI is InChI=1S/C14H23N3O2/c1-12-5-4-6-13(11-12)19-10-9-16-8-3-2-7-14(15)17-18/h4-6,11,16,18H,2-3,7-10H2,1H3,(H2,15,17). The minimum Gasteiger partial charge on any atom is -0.492 e. The Morgan fingerprint density at radius 2 is 2.21 bits per heavy atom. The Balaban J connectivity index is 1.97. The third kappa shape index (κ3) is 7.31. The third-order valence-electron chi connectivity index (χ3n) is 2.70. The summed E-state index contributed by atoms with van der Waals surface area (Å²) in [6.45, 7) is 4.43. The maximum absolute atomic E-state index is 8.37. The lowest BCUT2D eigenvalue weighted by molar-refractivity contribution is 0.313. The molecule has 0 aliphatic heterocycles. The highest BCUT2D eigenvalue weighted by atomic mass is 16.5. The van der Waals surface area contributed by atoms with Gasteiger partial charge in [-0.05, 0) is 44.0 Å². The molecule has 0 amide bonds. The summed E-state index contributed by atoms with van der Waals surface area (Å²) in [5, 5.41) is 14.6. The molecule has 0 unspecified atom stereocenters. The number of nitrogens with zero attached hydrogens (tertiary/aromatic N) is 1. The Morgan fingerprint density at radius 3 is 2.95 bits per heavy atom. The van der Waals surface area contributed by atoms with Crippen molar-refractivity contribution in [2.24, 2.45) is 10.9 Å². The lowest BCUT2D eigenvalue weighted by Crippen LogP contribution is -2.22. The molecule has 0 bridgehead atoms. The van der Waals surface area contributed by atoms with Gasteiger partial charge < -0.3 is 21.0 Å². The summed E-state index contributed by atoms with van der Waals surface area (Å²) in [4.78, 5) is 0. The zero-order valence-electron chi connectivity index (χ0n) is 11.4. The van der Waals surface area contributed by atoms with Crippen LogP contribution < -0.4 is 15.8 Å². The van der Waals surface area contributed by atoms with Crippen LogP contribution in [-0.4, -0.2) is 30.7 Å². The number of unbranched alkanes of at least 4 members (excludes halogenated alkanes) is 1. The van der Waals surface area contributed by atoms with Gasteiger partial charge in [-0.15, -0.1) is 0 Å². The van der Waals surface area contributed by atoms with Crippen LogP contribution in [0.15, 0.2) is 29.4 Å². The van der Waals surface area contributed by atoms with Gasteiger partial charge in [-0.3, -0.25) is 0 Å². The van der Waals surface area contributed by atoms with Crippen molar-refractivity contribution in [2.45, 2.75) is 26.2 Å². The molecule has 19 heavy (non-hydrogen) atoms. The van der Waals surface area contributed by atoms with E-state index in [-0.39, 0.29) is 0 Å². The van der Waals surface area contributed by atoms with Crippen LogP contribution in [0.25, 0.3) is 0 Å². The van der Waals surface area contributed by atoms with Crippen molar-refractivity contribution in [1.29, 1.82) is 0 Å². The fraction of sp³-hybridized carbons (Fsp3) is 0.500. The predicted molar refractivity (Wildman–Crippen MR) is 76.8 cm³/mol. The second kappa shape index (κ2) is 9.22. The summed E-state index contributed by atoms with van der Waals surface area (Å²) < 4.78 is 5.61. The molecular weight excluding hydrogens is 242 g/mol. The predicted octanol–water partition coefficient (Wildman–Crippen LogP) is 1.88. The second-order valence-electron chi connectivity index (χ2n) is 4.46. The molecule has 1 rings (SSSR count). The van der Waals surface area contributed by atoms with Crippen molar-refractivity contribution in [1.82, 2.24) is 5.32 Å². The Hall–Kier alpha value is -1.75. The summed E-state index contributed by atoms with van der Waals surface area (Å²) in [5.41, 5.74) is 6.57. The average molecular weight is 265 g/mol. The topological polar surface area (TPSA) is 79.9 Å². The van der Waals surface area contributed by atoms with E-state index in [0.29, 0.717) is 18.9 Å². The van der Waals surface area contributed by atoms with Crippen LogP contribution in [0.4, 0.5) is 0 Å². The van der Waals surface area contributed by atoms with Crippen LogP contribution in [-0.2, 0) is 0 Å². The number of benzene rings is 1. The van der Waals surface area contributed by atoms with Gasteiger partial charge in [0, 0.05) is 13.0 Å². The number of amidine groups is 1. The summed E-state index contributed by atoms with van der Waals surface area (Å²) in [7, 11) is 0. The number of ether oxygens (including phenoxy) is 1. The van der Waals surface area contributed by atoms with Crippen molar-refractivity contribution in [2.75, 3.05) is 19.7 Å². The maximum atomic E-state index is 8.37. The SMILES string of the molecule is Cc1cccc(OCCNCCCCC(N)=NO)c1. The molecular formula is C14H23N3O2. The zero-order chi connectivity index (χ0) is 13.9. The van der Waals surface area contributed by atoms with E-state index in [1.165, 1.54) is 5.56 Å². The number of aryl methyl sites for hydroxylation is 1. The van der Waals surface area contributed by atoms with E-state index in [1.54, 1.807) is 0 Å². The Bertz CT molecular complexity index is 394.